The van der Waals surface area contributed by atoms with Gasteiger partial charge in [-0.05, 0) is 145 Å². The Balaban J connectivity index is 0.000000175. The highest BCUT2D eigenvalue weighted by molar-refractivity contribution is 5.71. The fraction of sp³-hybridized carbons (Fsp3) is 0.825. The number of amides is 3. The summed E-state index contributed by atoms with van der Waals surface area (Å²) in [5, 5.41) is 0. The van der Waals surface area contributed by atoms with Crippen LogP contribution in [0.2, 0.25) is 0 Å². The molecule has 6 aliphatic heterocycles. The van der Waals surface area contributed by atoms with Crippen molar-refractivity contribution < 1.29 is 42.9 Å². The SMILES string of the molecule is CC(C)(C)OC(=O)N1[C@@H]2CC[C@@H]1CC(C=O)C2.CC(C)(C)OC(=O)N1[C@@H]2CC[C@H]1CC(C=O)C2.COC=C1C[C@H]2CC[C@@H](C1)N2C(=O)OC(C)(C)C. The number of methoxy groups -OCH3 is 1. The van der Waals surface area contributed by atoms with Crippen molar-refractivity contribution in [2.24, 2.45) is 11.8 Å². The maximum Gasteiger partial charge on any atom is 0.410 e. The number of rotatable bonds is 3. The summed E-state index contributed by atoms with van der Waals surface area (Å²) in [7, 11) is 1.68. The Morgan fingerprint density at radius 3 is 1.04 bits per heavy atom. The quantitative estimate of drug-likeness (QED) is 0.162. The zero-order valence-electron chi connectivity index (χ0n) is 33.4. The van der Waals surface area contributed by atoms with Crippen molar-refractivity contribution in [2.45, 2.75) is 192 Å². The molecular formula is C40H65N3O9. The van der Waals surface area contributed by atoms with Crippen LogP contribution in [0.5, 0.6) is 0 Å². The summed E-state index contributed by atoms with van der Waals surface area (Å²) in [6.45, 7) is 17.0. The average molecular weight is 732 g/mol. The van der Waals surface area contributed by atoms with Gasteiger partial charge in [0.1, 0.15) is 29.4 Å². The number of fused-ring (bicyclic) bond motifs is 6. The lowest BCUT2D eigenvalue weighted by Crippen LogP contribution is -2.48. The molecule has 0 radical (unpaired) electrons. The molecule has 12 heteroatoms. The normalized spacial score (nSPS) is 31.4. The van der Waals surface area contributed by atoms with Crippen molar-refractivity contribution >= 4 is 30.9 Å². The van der Waals surface area contributed by atoms with Crippen LogP contribution in [0, 0.1) is 11.8 Å². The van der Waals surface area contributed by atoms with Crippen LogP contribution in [0.25, 0.3) is 0 Å². The first kappa shape index (κ1) is 41.4. The first-order chi connectivity index (χ1) is 24.2. The summed E-state index contributed by atoms with van der Waals surface area (Å²) in [6.07, 6.45) is 14.6. The number of hydrogen-bond donors (Lipinski definition) is 0. The average Bonchev–Trinajstić information content (AvgIpc) is 3.57. The van der Waals surface area contributed by atoms with Gasteiger partial charge in [-0.2, -0.15) is 0 Å². The van der Waals surface area contributed by atoms with E-state index < -0.39 is 16.8 Å². The molecule has 0 saturated carbocycles. The van der Waals surface area contributed by atoms with Gasteiger partial charge in [0.25, 0.3) is 0 Å². The molecule has 0 aromatic rings. The molecule has 0 N–H and O–H groups in total. The van der Waals surface area contributed by atoms with Crippen molar-refractivity contribution in [1.82, 2.24) is 14.7 Å². The molecule has 52 heavy (non-hydrogen) atoms. The fourth-order valence-corrected chi connectivity index (χ4v) is 8.81. The van der Waals surface area contributed by atoms with Crippen molar-refractivity contribution in [3.63, 3.8) is 0 Å². The molecule has 294 valence electrons. The van der Waals surface area contributed by atoms with Crippen molar-refractivity contribution in [3.8, 4) is 0 Å². The third-order valence-corrected chi connectivity index (χ3v) is 10.6. The number of piperidine rings is 3. The topological polar surface area (TPSA) is 132 Å². The van der Waals surface area contributed by atoms with E-state index in [-0.39, 0.29) is 54.3 Å². The summed E-state index contributed by atoms with van der Waals surface area (Å²) in [4.78, 5) is 63.7. The van der Waals surface area contributed by atoms with Crippen LogP contribution in [-0.4, -0.2) is 106 Å². The van der Waals surface area contributed by atoms with Gasteiger partial charge in [0.15, 0.2) is 0 Å². The Bertz CT molecular complexity index is 1200. The number of hydrogen-bond acceptors (Lipinski definition) is 9. The molecule has 6 fully saturated rings. The molecule has 6 rings (SSSR count). The molecule has 0 aromatic carbocycles. The second-order valence-electron chi connectivity index (χ2n) is 18.5. The lowest BCUT2D eigenvalue weighted by atomic mass is 9.92. The molecule has 6 saturated heterocycles. The van der Waals surface area contributed by atoms with Crippen LogP contribution in [-0.2, 0) is 28.5 Å². The van der Waals surface area contributed by atoms with Gasteiger partial charge in [-0.25, -0.2) is 14.4 Å². The van der Waals surface area contributed by atoms with E-state index in [2.05, 4.69) is 0 Å². The molecule has 0 spiro atoms. The molecule has 6 bridgehead atoms. The van der Waals surface area contributed by atoms with Gasteiger partial charge in [0, 0.05) is 48.1 Å². The minimum absolute atomic E-state index is 0.131. The zero-order valence-corrected chi connectivity index (χ0v) is 33.4. The molecule has 7 atom stereocenters. The van der Waals surface area contributed by atoms with E-state index in [0.29, 0.717) is 12.1 Å². The summed E-state index contributed by atoms with van der Waals surface area (Å²) in [6, 6.07) is 1.41. The van der Waals surface area contributed by atoms with Crippen molar-refractivity contribution in [2.75, 3.05) is 7.11 Å². The van der Waals surface area contributed by atoms with E-state index in [1.54, 1.807) is 7.11 Å². The standard InChI is InChI=1S/C14H23NO3.2C13H21NO3/c1-14(2,3)18-13(16)15-11-5-6-12(15)8-10(7-11)9-17-4;2*1-13(2,3)17-12(16)14-10-4-5-11(14)7-9(6-10)8-15/h9,11-12H,5-8H2,1-4H3;2*8-11H,4-7H2,1-3H3/t11-,12+;10-,11-;9?,10-,11+/m.1./s1. The van der Waals surface area contributed by atoms with Crippen molar-refractivity contribution in [1.29, 1.82) is 0 Å². The number of carbonyl (C=O) groups excluding carboxylic acids is 5. The number of carbonyl (C=O) groups is 5. The summed E-state index contributed by atoms with van der Waals surface area (Å²) in [5.41, 5.74) is -0.000278. The van der Waals surface area contributed by atoms with E-state index in [0.717, 1.165) is 89.6 Å². The number of aldehydes is 2. The molecule has 0 aliphatic carbocycles. The summed E-state index contributed by atoms with van der Waals surface area (Å²) < 4.78 is 21.4. The van der Waals surface area contributed by atoms with Crippen LogP contribution in [0.1, 0.15) is 139 Å². The third-order valence-electron chi connectivity index (χ3n) is 10.6. The molecule has 6 aliphatic rings. The highest BCUT2D eigenvalue weighted by Gasteiger charge is 2.46. The van der Waals surface area contributed by atoms with Gasteiger partial charge in [-0.15, -0.1) is 0 Å². The zero-order chi connectivity index (χ0) is 38.6. The summed E-state index contributed by atoms with van der Waals surface area (Å²) >= 11 is 0. The van der Waals surface area contributed by atoms with Crippen LogP contribution >= 0.6 is 0 Å². The Labute approximate surface area is 311 Å². The van der Waals surface area contributed by atoms with E-state index in [1.165, 1.54) is 5.57 Å². The van der Waals surface area contributed by atoms with E-state index >= 15 is 0 Å². The second-order valence-corrected chi connectivity index (χ2v) is 18.5. The maximum absolute atomic E-state index is 12.2. The van der Waals surface area contributed by atoms with Crippen LogP contribution in [0.4, 0.5) is 14.4 Å². The minimum Gasteiger partial charge on any atom is -0.504 e. The Morgan fingerprint density at radius 2 is 0.788 bits per heavy atom. The summed E-state index contributed by atoms with van der Waals surface area (Å²) in [5.74, 6) is 0.261. The predicted octanol–water partition coefficient (Wildman–Crippen LogP) is 7.81. The maximum atomic E-state index is 12.2. The molecule has 12 nitrogen and oxygen atoms in total. The van der Waals surface area contributed by atoms with E-state index in [4.69, 9.17) is 18.9 Å². The van der Waals surface area contributed by atoms with Crippen LogP contribution in [0.15, 0.2) is 11.8 Å². The van der Waals surface area contributed by atoms with E-state index in [9.17, 15) is 24.0 Å². The molecule has 6 heterocycles. The third kappa shape index (κ3) is 11.1. The Kier molecular flexibility index (Phi) is 13.4. The first-order valence-corrected chi connectivity index (χ1v) is 19.4. The minimum atomic E-state index is -0.446. The van der Waals surface area contributed by atoms with Gasteiger partial charge in [0.2, 0.25) is 0 Å². The molecule has 0 aromatic heterocycles. The molecule has 1 unspecified atom stereocenters. The molecule has 3 amide bonds. The van der Waals surface area contributed by atoms with Gasteiger partial charge in [0.05, 0.1) is 13.4 Å². The predicted molar refractivity (Wildman–Crippen MR) is 197 cm³/mol. The van der Waals surface area contributed by atoms with E-state index in [1.807, 2.05) is 83.3 Å². The lowest BCUT2D eigenvalue weighted by molar-refractivity contribution is -0.113. The molecular weight excluding hydrogens is 666 g/mol. The first-order valence-electron chi connectivity index (χ1n) is 19.4. The number of ether oxygens (including phenoxy) is 4. The Hall–Kier alpha value is -3.31. The highest BCUT2D eigenvalue weighted by atomic mass is 16.6. The highest BCUT2D eigenvalue weighted by Crippen LogP contribution is 2.41. The van der Waals surface area contributed by atoms with Gasteiger partial charge in [-0.1, -0.05) is 0 Å². The largest absolute Gasteiger partial charge is 0.504 e. The van der Waals surface area contributed by atoms with Gasteiger partial charge >= 0.3 is 18.3 Å². The monoisotopic (exact) mass is 731 g/mol. The van der Waals surface area contributed by atoms with Gasteiger partial charge < -0.3 is 43.2 Å². The smallest absolute Gasteiger partial charge is 0.410 e. The van der Waals surface area contributed by atoms with Gasteiger partial charge in [-0.3, -0.25) is 0 Å². The number of nitrogens with zero attached hydrogens (tertiary/aromatic N) is 3. The fourth-order valence-electron chi connectivity index (χ4n) is 8.81. The van der Waals surface area contributed by atoms with Crippen LogP contribution < -0.4 is 0 Å². The van der Waals surface area contributed by atoms with Crippen LogP contribution in [0.3, 0.4) is 0 Å². The Morgan fingerprint density at radius 1 is 0.519 bits per heavy atom. The van der Waals surface area contributed by atoms with Crippen molar-refractivity contribution in [3.05, 3.63) is 11.8 Å². The lowest BCUT2D eigenvalue weighted by Gasteiger charge is -2.38. The second kappa shape index (κ2) is 16.8.